The van der Waals surface area contributed by atoms with Crippen molar-refractivity contribution in [1.29, 1.82) is 0 Å². The quantitative estimate of drug-likeness (QED) is 0.386. The molecule has 0 aliphatic carbocycles. The highest BCUT2D eigenvalue weighted by molar-refractivity contribution is 9.10. The van der Waals surface area contributed by atoms with Gasteiger partial charge in [0.05, 0.1) is 28.9 Å². The molecule has 5 nitrogen and oxygen atoms in total. The molecule has 0 saturated carbocycles. The van der Waals surface area contributed by atoms with E-state index in [2.05, 4.69) is 31.6 Å². The number of aromatic nitrogens is 2. The molecule has 0 aliphatic rings. The zero-order chi connectivity index (χ0) is 19.9. The van der Waals surface area contributed by atoms with E-state index in [1.165, 1.54) is 23.5 Å². The van der Waals surface area contributed by atoms with Crippen molar-refractivity contribution in [2.24, 2.45) is 5.10 Å². The summed E-state index contributed by atoms with van der Waals surface area (Å²) in [6.07, 6.45) is 1.53. The Bertz CT molecular complexity index is 974. The molecule has 3 rings (SSSR count). The number of nitrogens with zero attached hydrogens (tertiary/aromatic N) is 3. The first kappa shape index (κ1) is 20.6. The standard InChI is InChI=1S/C20H18BrClN4OS/c1-14-18(20(22)26(25-14)17-5-3-2-4-6-17)11-23-24-19(27)13-28-12-15-7-9-16(21)10-8-15/h2-11H,12-13H2,1H3,(H,24,27). The largest absolute Gasteiger partial charge is 0.272 e. The molecule has 0 unspecified atom stereocenters. The highest BCUT2D eigenvalue weighted by Gasteiger charge is 2.13. The minimum Gasteiger partial charge on any atom is -0.272 e. The van der Waals surface area contributed by atoms with Crippen molar-refractivity contribution in [2.75, 3.05) is 5.75 Å². The zero-order valence-electron chi connectivity index (χ0n) is 15.1. The number of carbonyl (C=O) groups excluding carboxylic acids is 1. The second-order valence-corrected chi connectivity index (χ2v) is 8.21. The summed E-state index contributed by atoms with van der Waals surface area (Å²) in [6, 6.07) is 17.6. The molecular weight excluding hydrogens is 460 g/mol. The number of thioether (sulfide) groups is 1. The second kappa shape index (κ2) is 9.91. The van der Waals surface area contributed by atoms with E-state index in [-0.39, 0.29) is 5.91 Å². The Morgan fingerprint density at radius 2 is 1.96 bits per heavy atom. The molecule has 144 valence electrons. The third kappa shape index (κ3) is 5.47. The van der Waals surface area contributed by atoms with Crippen molar-refractivity contribution in [3.05, 3.63) is 81.0 Å². The number of amides is 1. The van der Waals surface area contributed by atoms with Crippen LogP contribution in [-0.4, -0.2) is 27.7 Å². The molecule has 8 heteroatoms. The third-order valence-corrected chi connectivity index (χ3v) is 5.74. The van der Waals surface area contributed by atoms with Crippen LogP contribution in [0, 0.1) is 6.92 Å². The van der Waals surface area contributed by atoms with Gasteiger partial charge in [0.25, 0.3) is 0 Å². The van der Waals surface area contributed by atoms with E-state index >= 15 is 0 Å². The van der Waals surface area contributed by atoms with Crippen LogP contribution < -0.4 is 5.43 Å². The highest BCUT2D eigenvalue weighted by atomic mass is 79.9. The molecule has 0 bridgehead atoms. The van der Waals surface area contributed by atoms with Gasteiger partial charge in [-0.2, -0.15) is 10.2 Å². The van der Waals surface area contributed by atoms with Crippen molar-refractivity contribution in [2.45, 2.75) is 12.7 Å². The van der Waals surface area contributed by atoms with E-state index in [4.69, 9.17) is 11.6 Å². The molecule has 1 aromatic heterocycles. The molecule has 2 aromatic carbocycles. The summed E-state index contributed by atoms with van der Waals surface area (Å²) in [5.74, 6) is 0.922. The molecule has 0 fully saturated rings. The summed E-state index contributed by atoms with van der Waals surface area (Å²) < 4.78 is 2.69. The number of rotatable bonds is 7. The fourth-order valence-corrected chi connectivity index (χ4v) is 3.81. The first-order chi connectivity index (χ1) is 13.5. The third-order valence-electron chi connectivity index (χ3n) is 3.85. The van der Waals surface area contributed by atoms with E-state index in [1.807, 2.05) is 61.5 Å². The summed E-state index contributed by atoms with van der Waals surface area (Å²) in [5, 5.41) is 8.92. The average Bonchev–Trinajstić information content (AvgIpc) is 2.98. The number of halogens is 2. The number of hydrazone groups is 1. The van der Waals surface area contributed by atoms with Gasteiger partial charge in [-0.3, -0.25) is 4.79 Å². The Labute approximate surface area is 181 Å². The van der Waals surface area contributed by atoms with Gasteiger partial charge in [0.15, 0.2) is 0 Å². The van der Waals surface area contributed by atoms with Crippen LogP contribution in [0.5, 0.6) is 0 Å². The smallest absolute Gasteiger partial charge is 0.250 e. The summed E-state index contributed by atoms with van der Waals surface area (Å²) in [4.78, 5) is 12.0. The van der Waals surface area contributed by atoms with Crippen LogP contribution in [-0.2, 0) is 10.5 Å². The van der Waals surface area contributed by atoms with Gasteiger partial charge in [-0.15, -0.1) is 11.8 Å². The zero-order valence-corrected chi connectivity index (χ0v) is 18.3. The van der Waals surface area contributed by atoms with Crippen molar-refractivity contribution < 1.29 is 4.79 Å². The second-order valence-electron chi connectivity index (χ2n) is 5.95. The van der Waals surface area contributed by atoms with Crippen LogP contribution in [0.2, 0.25) is 5.15 Å². The number of carbonyl (C=O) groups is 1. The summed E-state index contributed by atoms with van der Waals surface area (Å²) in [5.41, 5.74) is 5.98. The molecule has 0 saturated heterocycles. The molecule has 3 aromatic rings. The normalized spacial score (nSPS) is 11.1. The number of hydrogen-bond acceptors (Lipinski definition) is 4. The van der Waals surface area contributed by atoms with Gasteiger partial charge in [0.2, 0.25) is 5.91 Å². The predicted molar refractivity (Wildman–Crippen MR) is 119 cm³/mol. The van der Waals surface area contributed by atoms with Crippen LogP contribution >= 0.6 is 39.3 Å². The minimum absolute atomic E-state index is 0.164. The molecule has 1 amide bonds. The van der Waals surface area contributed by atoms with Crippen LogP contribution in [0.15, 0.2) is 64.2 Å². The lowest BCUT2D eigenvalue weighted by Crippen LogP contribution is -2.19. The monoisotopic (exact) mass is 476 g/mol. The number of nitrogens with one attached hydrogen (secondary N) is 1. The van der Waals surface area contributed by atoms with E-state index in [1.54, 1.807) is 4.68 Å². The van der Waals surface area contributed by atoms with E-state index in [0.29, 0.717) is 16.5 Å². The number of hydrogen-bond donors (Lipinski definition) is 1. The van der Waals surface area contributed by atoms with Gasteiger partial charge in [0, 0.05) is 10.2 Å². The van der Waals surface area contributed by atoms with Gasteiger partial charge in [0.1, 0.15) is 5.15 Å². The lowest BCUT2D eigenvalue weighted by molar-refractivity contribution is -0.118. The summed E-state index contributed by atoms with van der Waals surface area (Å²) in [6.45, 7) is 1.85. The maximum Gasteiger partial charge on any atom is 0.250 e. The SMILES string of the molecule is Cc1nn(-c2ccccc2)c(Cl)c1C=NNC(=O)CSCc1ccc(Br)cc1. The topological polar surface area (TPSA) is 59.3 Å². The van der Waals surface area contributed by atoms with Gasteiger partial charge in [-0.1, -0.05) is 57.9 Å². The predicted octanol–water partition coefficient (Wildman–Crippen LogP) is 4.98. The van der Waals surface area contributed by atoms with Crippen molar-refractivity contribution in [3.8, 4) is 5.69 Å². The maximum absolute atomic E-state index is 12.0. The minimum atomic E-state index is -0.164. The molecule has 0 aliphatic heterocycles. The number of para-hydroxylation sites is 1. The maximum atomic E-state index is 12.0. The van der Waals surface area contributed by atoms with E-state index in [9.17, 15) is 4.79 Å². The fraction of sp³-hybridized carbons (Fsp3) is 0.150. The van der Waals surface area contributed by atoms with E-state index in [0.717, 1.165) is 21.6 Å². The number of aryl methyl sites for hydroxylation is 1. The van der Waals surface area contributed by atoms with Gasteiger partial charge >= 0.3 is 0 Å². The molecule has 0 atom stereocenters. The molecule has 28 heavy (non-hydrogen) atoms. The Kier molecular flexibility index (Phi) is 7.30. The lowest BCUT2D eigenvalue weighted by atomic mass is 10.2. The summed E-state index contributed by atoms with van der Waals surface area (Å²) >= 11 is 11.4. The first-order valence-corrected chi connectivity index (χ1v) is 10.8. The molecular formula is C20H18BrClN4OS. The number of benzene rings is 2. The first-order valence-electron chi connectivity index (χ1n) is 8.49. The summed E-state index contributed by atoms with van der Waals surface area (Å²) in [7, 11) is 0. The fourth-order valence-electron chi connectivity index (χ4n) is 2.44. The Morgan fingerprint density at radius 1 is 1.25 bits per heavy atom. The lowest BCUT2D eigenvalue weighted by Gasteiger charge is -2.02. The Balaban J connectivity index is 1.53. The van der Waals surface area contributed by atoms with E-state index < -0.39 is 0 Å². The van der Waals surface area contributed by atoms with Crippen molar-refractivity contribution in [3.63, 3.8) is 0 Å². The van der Waals surface area contributed by atoms with Crippen molar-refractivity contribution >= 4 is 51.4 Å². The Morgan fingerprint density at radius 3 is 2.68 bits per heavy atom. The molecule has 0 radical (unpaired) electrons. The Hall–Kier alpha value is -2.09. The van der Waals surface area contributed by atoms with Crippen LogP contribution in [0.4, 0.5) is 0 Å². The van der Waals surface area contributed by atoms with Gasteiger partial charge < -0.3 is 0 Å². The van der Waals surface area contributed by atoms with Crippen molar-refractivity contribution in [1.82, 2.24) is 15.2 Å². The average molecular weight is 478 g/mol. The molecule has 1 N–H and O–H groups in total. The highest BCUT2D eigenvalue weighted by Crippen LogP contribution is 2.22. The molecule has 1 heterocycles. The van der Waals surface area contributed by atoms with Gasteiger partial charge in [-0.25, -0.2) is 10.1 Å². The van der Waals surface area contributed by atoms with Crippen LogP contribution in [0.25, 0.3) is 5.69 Å². The van der Waals surface area contributed by atoms with Crippen LogP contribution in [0.1, 0.15) is 16.8 Å². The van der Waals surface area contributed by atoms with Gasteiger partial charge in [-0.05, 0) is 36.8 Å². The van der Waals surface area contributed by atoms with Crippen LogP contribution in [0.3, 0.4) is 0 Å². The molecule has 0 spiro atoms.